The minimum atomic E-state index is -0.404. The molecule has 0 N–H and O–H groups in total. The van der Waals surface area contributed by atoms with Gasteiger partial charge in [0.15, 0.2) is 5.78 Å². The number of hydrogen-bond acceptors (Lipinski definition) is 2. The fourth-order valence-corrected chi connectivity index (χ4v) is 2.05. The van der Waals surface area contributed by atoms with Gasteiger partial charge in [0.05, 0.1) is 11.6 Å². The van der Waals surface area contributed by atoms with Gasteiger partial charge in [0.1, 0.15) is 0 Å². The van der Waals surface area contributed by atoms with Crippen LogP contribution in [0.15, 0.2) is 41.2 Å². The average Bonchev–Trinajstić information content (AvgIpc) is 2.37. The van der Waals surface area contributed by atoms with Crippen molar-refractivity contribution in [1.82, 2.24) is 4.57 Å². The number of carbonyl (C=O) groups is 1. The van der Waals surface area contributed by atoms with Gasteiger partial charge in [-0.15, -0.1) is 0 Å². The fraction of sp³-hybridized carbons (Fsp3) is 0.286. The molecule has 0 saturated heterocycles. The number of pyridine rings is 1. The van der Waals surface area contributed by atoms with Gasteiger partial charge in [-0.1, -0.05) is 25.1 Å². The molecule has 0 aliphatic heterocycles. The summed E-state index contributed by atoms with van der Waals surface area (Å²) in [6.45, 7) is 3.59. The quantitative estimate of drug-likeness (QED) is 0.811. The SMILES string of the molecule is CCC(=O)C(C)n1c(=O)ccc2ccccc21. The summed E-state index contributed by atoms with van der Waals surface area (Å²) in [7, 11) is 0. The lowest BCUT2D eigenvalue weighted by Gasteiger charge is -2.16. The first kappa shape index (κ1) is 11.6. The summed E-state index contributed by atoms with van der Waals surface area (Å²) < 4.78 is 1.57. The summed E-state index contributed by atoms with van der Waals surface area (Å²) in [5.74, 6) is 0.0726. The molecule has 1 aromatic heterocycles. The Balaban J connectivity index is 2.71. The van der Waals surface area contributed by atoms with Gasteiger partial charge in [0.25, 0.3) is 5.56 Å². The van der Waals surface area contributed by atoms with E-state index in [9.17, 15) is 9.59 Å². The number of Topliss-reactive ketones (excluding diaryl/α,β-unsaturated/α-hetero) is 1. The highest BCUT2D eigenvalue weighted by Crippen LogP contribution is 2.16. The number of ketones is 1. The third kappa shape index (κ3) is 2.00. The second-order valence-electron chi connectivity index (χ2n) is 4.10. The van der Waals surface area contributed by atoms with E-state index in [4.69, 9.17) is 0 Å². The minimum absolute atomic E-state index is 0.0726. The first-order valence-corrected chi connectivity index (χ1v) is 5.78. The molecular weight excluding hydrogens is 214 g/mol. The van der Waals surface area contributed by atoms with E-state index in [0.717, 1.165) is 10.9 Å². The van der Waals surface area contributed by atoms with Crippen LogP contribution in [-0.2, 0) is 4.79 Å². The van der Waals surface area contributed by atoms with E-state index in [1.807, 2.05) is 31.2 Å². The molecule has 1 heterocycles. The van der Waals surface area contributed by atoms with Crippen LogP contribution < -0.4 is 5.56 Å². The Kier molecular flexibility index (Phi) is 3.09. The van der Waals surface area contributed by atoms with Crippen molar-refractivity contribution in [2.24, 2.45) is 0 Å². The number of carbonyl (C=O) groups excluding carboxylic acids is 1. The molecule has 3 nitrogen and oxygen atoms in total. The highest BCUT2D eigenvalue weighted by molar-refractivity contribution is 5.85. The van der Waals surface area contributed by atoms with Crippen molar-refractivity contribution < 1.29 is 4.79 Å². The molecule has 3 heteroatoms. The van der Waals surface area contributed by atoms with Gasteiger partial charge >= 0.3 is 0 Å². The van der Waals surface area contributed by atoms with Gasteiger partial charge in [0, 0.05) is 12.5 Å². The molecule has 88 valence electrons. The zero-order chi connectivity index (χ0) is 12.4. The molecule has 0 aliphatic carbocycles. The Hall–Kier alpha value is -1.90. The molecule has 17 heavy (non-hydrogen) atoms. The number of rotatable bonds is 3. The van der Waals surface area contributed by atoms with E-state index in [1.165, 1.54) is 6.07 Å². The number of aromatic nitrogens is 1. The van der Waals surface area contributed by atoms with Gasteiger partial charge in [-0.2, -0.15) is 0 Å². The lowest BCUT2D eigenvalue weighted by molar-refractivity contribution is -0.121. The normalized spacial score (nSPS) is 12.6. The first-order valence-electron chi connectivity index (χ1n) is 5.78. The lowest BCUT2D eigenvalue weighted by Crippen LogP contribution is -2.27. The van der Waals surface area contributed by atoms with Crippen molar-refractivity contribution in [2.45, 2.75) is 26.3 Å². The van der Waals surface area contributed by atoms with Crippen molar-refractivity contribution in [1.29, 1.82) is 0 Å². The average molecular weight is 229 g/mol. The van der Waals surface area contributed by atoms with Gasteiger partial charge in [-0.25, -0.2) is 0 Å². The second kappa shape index (κ2) is 4.53. The molecule has 0 radical (unpaired) electrons. The predicted molar refractivity (Wildman–Crippen MR) is 68.2 cm³/mol. The molecule has 0 aliphatic rings. The number of nitrogens with zero attached hydrogens (tertiary/aromatic N) is 1. The lowest BCUT2D eigenvalue weighted by atomic mass is 10.1. The maximum atomic E-state index is 11.9. The van der Waals surface area contributed by atoms with Crippen LogP contribution in [-0.4, -0.2) is 10.4 Å². The Morgan fingerprint density at radius 2 is 1.94 bits per heavy atom. The molecule has 1 atom stereocenters. The third-order valence-electron chi connectivity index (χ3n) is 3.04. The molecule has 2 rings (SSSR count). The van der Waals surface area contributed by atoms with Crippen molar-refractivity contribution >= 4 is 16.7 Å². The molecule has 0 amide bonds. The highest BCUT2D eigenvalue weighted by Gasteiger charge is 2.15. The van der Waals surface area contributed by atoms with Gasteiger partial charge in [-0.05, 0) is 24.4 Å². The number of fused-ring (bicyclic) bond motifs is 1. The largest absolute Gasteiger partial charge is 0.298 e. The van der Waals surface area contributed by atoms with Crippen LogP contribution in [0.5, 0.6) is 0 Å². The Bertz CT molecular complexity index is 613. The van der Waals surface area contributed by atoms with E-state index < -0.39 is 6.04 Å². The molecular formula is C14H15NO2. The number of hydrogen-bond donors (Lipinski definition) is 0. The van der Waals surface area contributed by atoms with Crippen molar-refractivity contribution in [3.63, 3.8) is 0 Å². The van der Waals surface area contributed by atoms with E-state index in [-0.39, 0.29) is 11.3 Å². The summed E-state index contributed by atoms with van der Waals surface area (Å²) >= 11 is 0. The topological polar surface area (TPSA) is 39.1 Å². The summed E-state index contributed by atoms with van der Waals surface area (Å²) in [6.07, 6.45) is 0.441. The highest BCUT2D eigenvalue weighted by atomic mass is 16.1. The fourth-order valence-electron chi connectivity index (χ4n) is 2.05. The molecule has 0 bridgehead atoms. The predicted octanol–water partition coefficient (Wildman–Crippen LogP) is 2.54. The smallest absolute Gasteiger partial charge is 0.251 e. The van der Waals surface area contributed by atoms with Gasteiger partial charge in [-0.3, -0.25) is 14.2 Å². The molecule has 1 unspecified atom stereocenters. The van der Waals surface area contributed by atoms with E-state index in [2.05, 4.69) is 0 Å². The van der Waals surface area contributed by atoms with Crippen molar-refractivity contribution in [3.05, 3.63) is 46.8 Å². The Morgan fingerprint density at radius 1 is 1.24 bits per heavy atom. The van der Waals surface area contributed by atoms with Crippen LogP contribution in [0.2, 0.25) is 0 Å². The minimum Gasteiger partial charge on any atom is -0.298 e. The van der Waals surface area contributed by atoms with Crippen LogP contribution in [0.1, 0.15) is 26.3 Å². The van der Waals surface area contributed by atoms with Crippen LogP contribution in [0.3, 0.4) is 0 Å². The van der Waals surface area contributed by atoms with Gasteiger partial charge in [0.2, 0.25) is 0 Å². The van der Waals surface area contributed by atoms with E-state index >= 15 is 0 Å². The monoisotopic (exact) mass is 229 g/mol. The van der Waals surface area contributed by atoms with Gasteiger partial charge < -0.3 is 0 Å². The zero-order valence-electron chi connectivity index (χ0n) is 10.0. The van der Waals surface area contributed by atoms with E-state index in [0.29, 0.717) is 6.42 Å². The van der Waals surface area contributed by atoms with Crippen LogP contribution >= 0.6 is 0 Å². The standard InChI is InChI=1S/C14H15NO2/c1-3-13(16)10(2)15-12-7-5-4-6-11(12)8-9-14(15)17/h4-10H,3H2,1-2H3. The molecule has 2 aromatic rings. The van der Waals surface area contributed by atoms with Crippen LogP contribution in [0.4, 0.5) is 0 Å². The number of benzene rings is 1. The van der Waals surface area contributed by atoms with E-state index in [1.54, 1.807) is 17.6 Å². The van der Waals surface area contributed by atoms with Crippen molar-refractivity contribution in [3.8, 4) is 0 Å². The van der Waals surface area contributed by atoms with Crippen molar-refractivity contribution in [2.75, 3.05) is 0 Å². The molecule has 0 spiro atoms. The zero-order valence-corrected chi connectivity index (χ0v) is 10.0. The summed E-state index contributed by atoms with van der Waals surface area (Å²) in [5.41, 5.74) is 0.687. The molecule has 0 fully saturated rings. The summed E-state index contributed by atoms with van der Waals surface area (Å²) in [5, 5.41) is 0.975. The summed E-state index contributed by atoms with van der Waals surface area (Å²) in [4.78, 5) is 23.7. The van der Waals surface area contributed by atoms with Crippen LogP contribution in [0, 0.1) is 0 Å². The first-order chi connectivity index (χ1) is 8.15. The second-order valence-corrected chi connectivity index (χ2v) is 4.10. The molecule has 0 saturated carbocycles. The Morgan fingerprint density at radius 3 is 2.65 bits per heavy atom. The maximum absolute atomic E-state index is 11.9. The molecule has 1 aromatic carbocycles. The third-order valence-corrected chi connectivity index (χ3v) is 3.04. The Labute approximate surface area is 99.7 Å². The van der Waals surface area contributed by atoms with Crippen LogP contribution in [0.25, 0.3) is 10.9 Å². The number of para-hydroxylation sites is 1. The summed E-state index contributed by atoms with van der Waals surface area (Å²) in [6, 6.07) is 10.5. The maximum Gasteiger partial charge on any atom is 0.251 e.